The average Bonchev–Trinajstić information content (AvgIpc) is 2.28. The van der Waals surface area contributed by atoms with Gasteiger partial charge in [-0.2, -0.15) is 0 Å². The van der Waals surface area contributed by atoms with E-state index in [0.717, 1.165) is 5.56 Å². The van der Waals surface area contributed by atoms with E-state index in [9.17, 15) is 4.39 Å². The van der Waals surface area contributed by atoms with Gasteiger partial charge in [-0.1, -0.05) is 12.1 Å². The van der Waals surface area contributed by atoms with E-state index >= 15 is 0 Å². The first-order chi connectivity index (χ1) is 8.52. The third-order valence-electron chi connectivity index (χ3n) is 2.49. The number of halogens is 1. The number of benzene rings is 1. The van der Waals surface area contributed by atoms with Crippen molar-refractivity contribution in [2.45, 2.75) is 25.9 Å². The maximum absolute atomic E-state index is 13.1. The van der Waals surface area contributed by atoms with E-state index in [0.29, 0.717) is 11.7 Å². The van der Waals surface area contributed by atoms with Crippen LogP contribution in [0.5, 0.6) is 0 Å². The quantitative estimate of drug-likeness (QED) is 0.805. The number of hydrogen-bond acceptors (Lipinski definition) is 2. The van der Waals surface area contributed by atoms with Crippen LogP contribution in [0.4, 0.5) is 4.39 Å². The summed E-state index contributed by atoms with van der Waals surface area (Å²) in [5, 5.41) is 6.75. The maximum Gasteiger partial charge on any atom is 0.167 e. The molecule has 0 fully saturated rings. The van der Waals surface area contributed by atoms with E-state index in [1.165, 1.54) is 12.1 Å². The molecule has 0 saturated heterocycles. The normalized spacial score (nSPS) is 13.8. The zero-order valence-electron chi connectivity index (χ0n) is 10.9. The van der Waals surface area contributed by atoms with Crippen LogP contribution in [-0.4, -0.2) is 24.9 Å². The van der Waals surface area contributed by atoms with Crippen LogP contribution in [0.15, 0.2) is 24.3 Å². The topological polar surface area (TPSA) is 33.3 Å². The highest BCUT2D eigenvalue weighted by Gasteiger charge is 2.09. The van der Waals surface area contributed by atoms with Gasteiger partial charge in [0.05, 0.1) is 12.6 Å². The molecule has 2 atom stereocenters. The van der Waals surface area contributed by atoms with E-state index in [2.05, 4.69) is 10.6 Å². The summed E-state index contributed by atoms with van der Waals surface area (Å²) in [4.78, 5) is 0. The lowest BCUT2D eigenvalue weighted by molar-refractivity contribution is 0.179. The van der Waals surface area contributed by atoms with Crippen molar-refractivity contribution in [1.82, 2.24) is 10.6 Å². The molecule has 5 heteroatoms. The number of ether oxygens (including phenoxy) is 1. The number of thiocarbonyl (C=S) groups is 1. The van der Waals surface area contributed by atoms with E-state index in [1.54, 1.807) is 13.2 Å². The second kappa shape index (κ2) is 7.28. The molecule has 1 rings (SSSR count). The molecule has 100 valence electrons. The van der Waals surface area contributed by atoms with Crippen molar-refractivity contribution >= 4 is 17.3 Å². The van der Waals surface area contributed by atoms with Crippen molar-refractivity contribution < 1.29 is 9.13 Å². The highest BCUT2D eigenvalue weighted by molar-refractivity contribution is 7.80. The van der Waals surface area contributed by atoms with Crippen LogP contribution in [0.3, 0.4) is 0 Å². The summed E-state index contributed by atoms with van der Waals surface area (Å²) >= 11 is 5.18. The molecule has 18 heavy (non-hydrogen) atoms. The lowest BCUT2D eigenvalue weighted by Gasteiger charge is -2.20. The fourth-order valence-corrected chi connectivity index (χ4v) is 1.99. The third kappa shape index (κ3) is 4.98. The van der Waals surface area contributed by atoms with Crippen molar-refractivity contribution in [2.24, 2.45) is 0 Å². The molecule has 1 aromatic rings. The van der Waals surface area contributed by atoms with Gasteiger partial charge in [0, 0.05) is 13.2 Å². The van der Waals surface area contributed by atoms with Crippen LogP contribution < -0.4 is 10.6 Å². The molecule has 0 saturated carbocycles. The van der Waals surface area contributed by atoms with Gasteiger partial charge >= 0.3 is 0 Å². The van der Waals surface area contributed by atoms with Gasteiger partial charge < -0.3 is 15.4 Å². The minimum atomic E-state index is -0.243. The Morgan fingerprint density at radius 1 is 1.39 bits per heavy atom. The van der Waals surface area contributed by atoms with Crippen molar-refractivity contribution in [2.75, 3.05) is 13.7 Å². The summed E-state index contributed by atoms with van der Waals surface area (Å²) < 4.78 is 18.1. The number of nitrogens with one attached hydrogen (secondary N) is 2. The number of methoxy groups -OCH3 is 1. The maximum atomic E-state index is 13.1. The predicted octanol–water partition coefficient (Wildman–Crippen LogP) is 2.39. The van der Waals surface area contributed by atoms with Gasteiger partial charge in [0.2, 0.25) is 0 Å². The monoisotopic (exact) mass is 270 g/mol. The standard InChI is InChI=1S/C13H19FN2OS/c1-9(8-17-3)15-13(18)16-10(2)11-5-4-6-12(14)7-11/h4-7,9-10H,8H2,1-3H3,(H2,15,16,18). The molecular weight excluding hydrogens is 251 g/mol. The van der Waals surface area contributed by atoms with Crippen LogP contribution in [0.1, 0.15) is 25.5 Å². The smallest absolute Gasteiger partial charge is 0.167 e. The summed E-state index contributed by atoms with van der Waals surface area (Å²) in [6.07, 6.45) is 0. The summed E-state index contributed by atoms with van der Waals surface area (Å²) in [6.45, 7) is 4.49. The van der Waals surface area contributed by atoms with Gasteiger partial charge in [-0.3, -0.25) is 0 Å². The van der Waals surface area contributed by atoms with E-state index in [4.69, 9.17) is 17.0 Å². The molecule has 0 bridgehead atoms. The lowest BCUT2D eigenvalue weighted by atomic mass is 10.1. The van der Waals surface area contributed by atoms with Crippen LogP contribution in [0, 0.1) is 5.82 Å². The molecule has 0 heterocycles. The Kier molecular flexibility index (Phi) is 6.01. The molecule has 2 N–H and O–H groups in total. The molecule has 0 aliphatic rings. The zero-order chi connectivity index (χ0) is 13.5. The Balaban J connectivity index is 2.49. The molecule has 3 nitrogen and oxygen atoms in total. The van der Waals surface area contributed by atoms with Crippen molar-refractivity contribution in [1.29, 1.82) is 0 Å². The first-order valence-corrected chi connectivity index (χ1v) is 6.25. The largest absolute Gasteiger partial charge is 0.383 e. The third-order valence-corrected chi connectivity index (χ3v) is 2.73. The molecule has 0 aliphatic carbocycles. The van der Waals surface area contributed by atoms with Gasteiger partial charge in [-0.05, 0) is 43.8 Å². The average molecular weight is 270 g/mol. The molecule has 1 aromatic carbocycles. The van der Waals surface area contributed by atoms with Crippen LogP contribution in [0.25, 0.3) is 0 Å². The first kappa shape index (κ1) is 14.9. The fraction of sp³-hybridized carbons (Fsp3) is 0.462. The SMILES string of the molecule is COCC(C)NC(=S)NC(C)c1cccc(F)c1. The van der Waals surface area contributed by atoms with Crippen molar-refractivity contribution in [3.05, 3.63) is 35.6 Å². The summed E-state index contributed by atoms with van der Waals surface area (Å²) in [5.41, 5.74) is 0.860. The van der Waals surface area contributed by atoms with Gasteiger partial charge in [0.1, 0.15) is 5.82 Å². The molecule has 0 amide bonds. The molecule has 0 aliphatic heterocycles. The lowest BCUT2D eigenvalue weighted by Crippen LogP contribution is -2.43. The molecule has 2 unspecified atom stereocenters. The summed E-state index contributed by atoms with van der Waals surface area (Å²) in [6, 6.07) is 6.56. The van der Waals surface area contributed by atoms with Gasteiger partial charge in [0.15, 0.2) is 5.11 Å². The molecular formula is C13H19FN2OS. The highest BCUT2D eigenvalue weighted by Crippen LogP contribution is 2.13. The summed E-state index contributed by atoms with van der Waals surface area (Å²) in [7, 11) is 1.64. The Labute approximate surface area is 113 Å². The molecule has 0 aromatic heterocycles. The Hall–Kier alpha value is -1.20. The Morgan fingerprint density at radius 3 is 2.72 bits per heavy atom. The van der Waals surface area contributed by atoms with Gasteiger partial charge in [0.25, 0.3) is 0 Å². The van der Waals surface area contributed by atoms with E-state index in [-0.39, 0.29) is 17.9 Å². The van der Waals surface area contributed by atoms with Gasteiger partial charge in [-0.15, -0.1) is 0 Å². The Bertz CT molecular complexity index is 400. The highest BCUT2D eigenvalue weighted by atomic mass is 32.1. The zero-order valence-corrected chi connectivity index (χ0v) is 11.7. The van der Waals surface area contributed by atoms with Crippen LogP contribution >= 0.6 is 12.2 Å². The van der Waals surface area contributed by atoms with E-state index in [1.807, 2.05) is 19.9 Å². The summed E-state index contributed by atoms with van der Waals surface area (Å²) in [5.74, 6) is -0.243. The number of hydrogen-bond donors (Lipinski definition) is 2. The van der Waals surface area contributed by atoms with Crippen LogP contribution in [0.2, 0.25) is 0 Å². The first-order valence-electron chi connectivity index (χ1n) is 5.84. The molecule has 0 radical (unpaired) electrons. The second-order valence-corrected chi connectivity index (χ2v) is 4.66. The fourth-order valence-electron chi connectivity index (χ4n) is 1.61. The minimum Gasteiger partial charge on any atom is -0.383 e. The minimum absolute atomic E-state index is 0.0459. The van der Waals surface area contributed by atoms with Crippen molar-refractivity contribution in [3.8, 4) is 0 Å². The Morgan fingerprint density at radius 2 is 2.11 bits per heavy atom. The van der Waals surface area contributed by atoms with Crippen LogP contribution in [-0.2, 0) is 4.74 Å². The number of rotatable bonds is 5. The molecule has 0 spiro atoms. The van der Waals surface area contributed by atoms with Gasteiger partial charge in [-0.25, -0.2) is 4.39 Å². The van der Waals surface area contributed by atoms with Crippen molar-refractivity contribution in [3.63, 3.8) is 0 Å². The van der Waals surface area contributed by atoms with E-state index < -0.39 is 0 Å². The second-order valence-electron chi connectivity index (χ2n) is 4.25. The predicted molar refractivity (Wildman–Crippen MR) is 75.0 cm³/mol.